The smallest absolute Gasteiger partial charge is 0.0336 e. The maximum atomic E-state index is 6.03. The fourth-order valence-corrected chi connectivity index (χ4v) is 2.14. The summed E-state index contributed by atoms with van der Waals surface area (Å²) in [4.78, 5) is 2.86. The fraction of sp³-hybridized carbons (Fsp3) is 0.600. The number of aryl methyl sites for hydroxylation is 2. The van der Waals surface area contributed by atoms with E-state index < -0.39 is 0 Å². The Morgan fingerprint density at radius 2 is 2.25 bits per heavy atom. The minimum absolute atomic E-state index is 0.354. The van der Waals surface area contributed by atoms with Crippen molar-refractivity contribution in [2.24, 2.45) is 0 Å². The normalized spacial score (nSPS) is 13.2. The van der Waals surface area contributed by atoms with Crippen LogP contribution in [0.4, 0.5) is 0 Å². The van der Waals surface area contributed by atoms with E-state index in [1.165, 1.54) is 9.75 Å². The summed E-state index contributed by atoms with van der Waals surface area (Å²) in [5, 5.41) is 0.354. The highest BCUT2D eigenvalue weighted by molar-refractivity contribution is 7.11. The number of hydrogen-bond acceptors (Lipinski definition) is 1. The molecule has 0 aromatic carbocycles. The molecule has 0 aliphatic rings. The monoisotopic (exact) mass is 202 g/mol. The SMILES string of the molecule is CCC(Cl)CCc1ccc(C)s1. The zero-order valence-corrected chi connectivity index (χ0v) is 9.21. The van der Waals surface area contributed by atoms with E-state index in [0.717, 1.165) is 19.3 Å². The van der Waals surface area contributed by atoms with Crippen molar-refractivity contribution < 1.29 is 0 Å². The van der Waals surface area contributed by atoms with Crippen LogP contribution in [0.2, 0.25) is 0 Å². The van der Waals surface area contributed by atoms with Gasteiger partial charge in [0.2, 0.25) is 0 Å². The van der Waals surface area contributed by atoms with Crippen molar-refractivity contribution in [2.75, 3.05) is 0 Å². The summed E-state index contributed by atoms with van der Waals surface area (Å²) >= 11 is 7.91. The molecule has 68 valence electrons. The van der Waals surface area contributed by atoms with Crippen molar-refractivity contribution in [2.45, 2.75) is 38.5 Å². The van der Waals surface area contributed by atoms with Crippen LogP contribution in [0.3, 0.4) is 0 Å². The van der Waals surface area contributed by atoms with Crippen LogP contribution in [0.1, 0.15) is 29.5 Å². The Labute approximate surface area is 83.6 Å². The quantitative estimate of drug-likeness (QED) is 0.648. The van der Waals surface area contributed by atoms with Gasteiger partial charge in [0.25, 0.3) is 0 Å². The Balaban J connectivity index is 2.33. The Hall–Kier alpha value is -0.0100. The van der Waals surface area contributed by atoms with Crippen LogP contribution in [-0.2, 0) is 6.42 Å². The topological polar surface area (TPSA) is 0 Å². The molecule has 0 aliphatic heterocycles. The number of hydrogen-bond donors (Lipinski definition) is 0. The second-order valence-corrected chi connectivity index (χ2v) is 5.05. The van der Waals surface area contributed by atoms with Crippen molar-refractivity contribution in [3.63, 3.8) is 0 Å². The third-order valence-electron chi connectivity index (χ3n) is 1.94. The molecule has 1 atom stereocenters. The Morgan fingerprint density at radius 3 is 2.75 bits per heavy atom. The van der Waals surface area contributed by atoms with Gasteiger partial charge in [0.05, 0.1) is 0 Å². The lowest BCUT2D eigenvalue weighted by atomic mass is 10.2. The molecule has 1 unspecified atom stereocenters. The minimum Gasteiger partial charge on any atom is -0.146 e. The standard InChI is InChI=1S/C10H15ClS/c1-3-9(11)5-7-10-6-4-8(2)12-10/h4,6,9H,3,5,7H2,1-2H3. The molecule has 0 fully saturated rings. The van der Waals surface area contributed by atoms with Gasteiger partial charge in [0.1, 0.15) is 0 Å². The van der Waals surface area contributed by atoms with Crippen molar-refractivity contribution in [3.8, 4) is 0 Å². The first-order valence-electron chi connectivity index (χ1n) is 4.41. The number of alkyl halides is 1. The molecule has 1 heterocycles. The van der Waals surface area contributed by atoms with E-state index in [2.05, 4.69) is 26.0 Å². The van der Waals surface area contributed by atoms with Crippen LogP contribution in [0.25, 0.3) is 0 Å². The van der Waals surface area contributed by atoms with Gasteiger partial charge >= 0.3 is 0 Å². The molecule has 0 aliphatic carbocycles. The highest BCUT2D eigenvalue weighted by Gasteiger charge is 2.02. The van der Waals surface area contributed by atoms with Crippen LogP contribution in [0.15, 0.2) is 12.1 Å². The lowest BCUT2D eigenvalue weighted by Crippen LogP contribution is -1.96. The van der Waals surface area contributed by atoms with Crippen LogP contribution < -0.4 is 0 Å². The molecule has 0 saturated carbocycles. The van der Waals surface area contributed by atoms with Crippen LogP contribution in [0.5, 0.6) is 0 Å². The summed E-state index contributed by atoms with van der Waals surface area (Å²) in [5.41, 5.74) is 0. The highest BCUT2D eigenvalue weighted by Crippen LogP contribution is 2.19. The van der Waals surface area contributed by atoms with Gasteiger partial charge in [0.15, 0.2) is 0 Å². The summed E-state index contributed by atoms with van der Waals surface area (Å²) in [5.74, 6) is 0. The molecule has 0 amide bonds. The van der Waals surface area contributed by atoms with Gasteiger partial charge < -0.3 is 0 Å². The average molecular weight is 203 g/mol. The molecule has 0 saturated heterocycles. The molecular weight excluding hydrogens is 188 g/mol. The summed E-state index contributed by atoms with van der Waals surface area (Å²) in [6, 6.07) is 4.38. The molecule has 0 spiro atoms. The summed E-state index contributed by atoms with van der Waals surface area (Å²) in [6.07, 6.45) is 3.32. The lowest BCUT2D eigenvalue weighted by molar-refractivity contribution is 0.732. The van der Waals surface area contributed by atoms with Gasteiger partial charge in [-0.15, -0.1) is 22.9 Å². The van der Waals surface area contributed by atoms with Crippen molar-refractivity contribution in [1.82, 2.24) is 0 Å². The van der Waals surface area contributed by atoms with Crippen LogP contribution in [0, 0.1) is 6.92 Å². The Kier molecular flexibility index (Phi) is 4.10. The van der Waals surface area contributed by atoms with E-state index >= 15 is 0 Å². The van der Waals surface area contributed by atoms with Gasteiger partial charge in [-0.25, -0.2) is 0 Å². The third-order valence-corrected chi connectivity index (χ3v) is 3.53. The maximum Gasteiger partial charge on any atom is 0.0336 e. The first kappa shape index (κ1) is 10.1. The van der Waals surface area contributed by atoms with Gasteiger partial charge in [-0.3, -0.25) is 0 Å². The first-order chi connectivity index (χ1) is 5.72. The minimum atomic E-state index is 0.354. The molecule has 0 N–H and O–H groups in total. The van der Waals surface area contributed by atoms with Crippen LogP contribution >= 0.6 is 22.9 Å². The van der Waals surface area contributed by atoms with Crippen molar-refractivity contribution in [1.29, 1.82) is 0 Å². The second kappa shape index (κ2) is 4.88. The Morgan fingerprint density at radius 1 is 1.50 bits per heavy atom. The largest absolute Gasteiger partial charge is 0.146 e. The first-order valence-corrected chi connectivity index (χ1v) is 5.67. The van der Waals surface area contributed by atoms with E-state index in [1.54, 1.807) is 0 Å². The maximum absolute atomic E-state index is 6.03. The van der Waals surface area contributed by atoms with E-state index in [0.29, 0.717) is 5.38 Å². The Bertz CT molecular complexity index is 229. The molecule has 0 bridgehead atoms. The summed E-state index contributed by atoms with van der Waals surface area (Å²) < 4.78 is 0. The predicted molar refractivity (Wildman–Crippen MR) is 57.3 cm³/mol. The third kappa shape index (κ3) is 3.16. The molecule has 1 aromatic heterocycles. The molecular formula is C10H15ClS. The zero-order valence-electron chi connectivity index (χ0n) is 7.64. The summed E-state index contributed by atoms with van der Waals surface area (Å²) in [6.45, 7) is 4.28. The van der Waals surface area contributed by atoms with Gasteiger partial charge in [-0.05, 0) is 38.3 Å². The van der Waals surface area contributed by atoms with E-state index in [4.69, 9.17) is 11.6 Å². The number of thiophene rings is 1. The molecule has 12 heavy (non-hydrogen) atoms. The molecule has 1 rings (SSSR count). The van der Waals surface area contributed by atoms with Gasteiger partial charge in [0, 0.05) is 15.1 Å². The van der Waals surface area contributed by atoms with Crippen molar-refractivity contribution >= 4 is 22.9 Å². The molecule has 0 radical (unpaired) electrons. The summed E-state index contributed by atoms with van der Waals surface area (Å²) in [7, 11) is 0. The number of halogens is 1. The highest BCUT2D eigenvalue weighted by atomic mass is 35.5. The fourth-order valence-electron chi connectivity index (χ4n) is 1.12. The zero-order chi connectivity index (χ0) is 8.97. The van der Waals surface area contributed by atoms with Gasteiger partial charge in [-0.2, -0.15) is 0 Å². The second-order valence-electron chi connectivity index (χ2n) is 3.06. The van der Waals surface area contributed by atoms with Crippen LogP contribution in [-0.4, -0.2) is 5.38 Å². The van der Waals surface area contributed by atoms with Gasteiger partial charge in [-0.1, -0.05) is 6.92 Å². The van der Waals surface area contributed by atoms with E-state index in [9.17, 15) is 0 Å². The van der Waals surface area contributed by atoms with E-state index in [-0.39, 0.29) is 0 Å². The van der Waals surface area contributed by atoms with E-state index in [1.807, 2.05) is 11.3 Å². The molecule has 2 heteroatoms. The molecule has 1 aromatic rings. The number of rotatable bonds is 4. The average Bonchev–Trinajstić information content (AvgIpc) is 2.47. The van der Waals surface area contributed by atoms with Crippen molar-refractivity contribution in [3.05, 3.63) is 21.9 Å². The lowest BCUT2D eigenvalue weighted by Gasteiger charge is -2.03. The molecule has 0 nitrogen and oxygen atoms in total. The predicted octanol–water partition coefficient (Wildman–Crippen LogP) is 4.01.